The average Bonchev–Trinajstić information content (AvgIpc) is 2.98. The van der Waals surface area contributed by atoms with E-state index < -0.39 is 0 Å². The summed E-state index contributed by atoms with van der Waals surface area (Å²) < 4.78 is 0. The SMILES string of the molecule is NCC#Cc1cccc(C(=O)NCCc2ncn[nH]2)c1. The van der Waals surface area contributed by atoms with E-state index in [9.17, 15) is 4.79 Å². The van der Waals surface area contributed by atoms with Crippen LogP contribution in [0.2, 0.25) is 0 Å². The summed E-state index contributed by atoms with van der Waals surface area (Å²) in [4.78, 5) is 16.0. The number of nitrogens with one attached hydrogen (secondary N) is 2. The highest BCUT2D eigenvalue weighted by Gasteiger charge is 2.05. The van der Waals surface area contributed by atoms with Crippen molar-refractivity contribution in [1.29, 1.82) is 0 Å². The van der Waals surface area contributed by atoms with Crippen molar-refractivity contribution in [2.24, 2.45) is 5.73 Å². The van der Waals surface area contributed by atoms with E-state index in [1.165, 1.54) is 6.33 Å². The molecule has 2 rings (SSSR count). The van der Waals surface area contributed by atoms with Gasteiger partial charge in [0.05, 0.1) is 6.54 Å². The molecule has 6 nitrogen and oxygen atoms in total. The monoisotopic (exact) mass is 269 g/mol. The molecule has 1 amide bonds. The van der Waals surface area contributed by atoms with E-state index in [1.807, 2.05) is 6.07 Å². The van der Waals surface area contributed by atoms with Crippen LogP contribution >= 0.6 is 0 Å². The molecule has 0 spiro atoms. The minimum atomic E-state index is -0.138. The molecule has 0 fully saturated rings. The number of carbonyl (C=O) groups is 1. The molecule has 2 aromatic rings. The summed E-state index contributed by atoms with van der Waals surface area (Å²) >= 11 is 0. The number of benzene rings is 1. The number of amides is 1. The third kappa shape index (κ3) is 3.93. The third-order valence-corrected chi connectivity index (χ3v) is 2.57. The quantitative estimate of drug-likeness (QED) is 0.685. The summed E-state index contributed by atoms with van der Waals surface area (Å²) in [6.45, 7) is 0.792. The molecule has 0 unspecified atom stereocenters. The van der Waals surface area contributed by atoms with Gasteiger partial charge in [0.15, 0.2) is 0 Å². The zero-order valence-electron chi connectivity index (χ0n) is 10.9. The van der Waals surface area contributed by atoms with E-state index in [0.717, 1.165) is 11.4 Å². The molecular formula is C14H15N5O. The predicted octanol–water partition coefficient (Wildman–Crippen LogP) is 0.0874. The van der Waals surface area contributed by atoms with Crippen LogP contribution in [0.5, 0.6) is 0 Å². The van der Waals surface area contributed by atoms with Crippen molar-refractivity contribution in [2.45, 2.75) is 6.42 Å². The van der Waals surface area contributed by atoms with Crippen molar-refractivity contribution in [3.63, 3.8) is 0 Å². The molecule has 102 valence electrons. The summed E-state index contributed by atoms with van der Waals surface area (Å²) in [7, 11) is 0. The van der Waals surface area contributed by atoms with E-state index in [-0.39, 0.29) is 5.91 Å². The highest BCUT2D eigenvalue weighted by molar-refractivity contribution is 5.94. The van der Waals surface area contributed by atoms with Gasteiger partial charge in [-0.15, -0.1) is 0 Å². The highest BCUT2D eigenvalue weighted by Crippen LogP contribution is 2.04. The number of hydrogen-bond donors (Lipinski definition) is 3. The standard InChI is InChI=1S/C14H15N5O/c15-7-2-4-11-3-1-5-12(9-11)14(20)16-8-6-13-17-10-18-19-13/h1,3,5,9-10H,6-8,15H2,(H,16,20)(H,17,18,19). The van der Waals surface area contributed by atoms with Gasteiger partial charge in [0.25, 0.3) is 5.91 Å². The van der Waals surface area contributed by atoms with E-state index in [2.05, 4.69) is 32.3 Å². The molecule has 1 heterocycles. The lowest BCUT2D eigenvalue weighted by Crippen LogP contribution is -2.26. The molecular weight excluding hydrogens is 254 g/mol. The summed E-state index contributed by atoms with van der Waals surface area (Å²) in [6, 6.07) is 7.13. The Morgan fingerprint density at radius 3 is 3.10 bits per heavy atom. The lowest BCUT2D eigenvalue weighted by Gasteiger charge is -2.04. The van der Waals surface area contributed by atoms with Crippen LogP contribution in [-0.4, -0.2) is 34.2 Å². The van der Waals surface area contributed by atoms with Gasteiger partial charge in [-0.1, -0.05) is 17.9 Å². The van der Waals surface area contributed by atoms with E-state index in [1.54, 1.807) is 18.2 Å². The number of carbonyl (C=O) groups excluding carboxylic acids is 1. The molecule has 0 aliphatic heterocycles. The topological polar surface area (TPSA) is 96.7 Å². The molecule has 0 radical (unpaired) electrons. The molecule has 6 heteroatoms. The van der Waals surface area contributed by atoms with E-state index in [4.69, 9.17) is 5.73 Å². The first-order valence-electron chi connectivity index (χ1n) is 6.21. The normalized spacial score (nSPS) is 9.65. The van der Waals surface area contributed by atoms with Crippen LogP contribution in [0.4, 0.5) is 0 Å². The van der Waals surface area contributed by atoms with Crippen molar-refractivity contribution in [2.75, 3.05) is 13.1 Å². The van der Waals surface area contributed by atoms with Crippen LogP contribution in [0.25, 0.3) is 0 Å². The van der Waals surface area contributed by atoms with Gasteiger partial charge in [0.1, 0.15) is 12.2 Å². The molecule has 20 heavy (non-hydrogen) atoms. The van der Waals surface area contributed by atoms with Gasteiger partial charge in [-0.05, 0) is 18.2 Å². The first kappa shape index (κ1) is 13.8. The maximum atomic E-state index is 12.0. The molecule has 0 atom stereocenters. The molecule has 4 N–H and O–H groups in total. The summed E-state index contributed by atoms with van der Waals surface area (Å²) in [5.74, 6) is 6.26. The Labute approximate surface area is 116 Å². The number of hydrogen-bond acceptors (Lipinski definition) is 4. The summed E-state index contributed by atoms with van der Waals surface area (Å²) in [5, 5.41) is 9.31. The van der Waals surface area contributed by atoms with Gasteiger partial charge in [-0.2, -0.15) is 5.10 Å². The lowest BCUT2D eigenvalue weighted by molar-refractivity contribution is 0.0954. The number of H-pyrrole nitrogens is 1. The second-order valence-electron chi connectivity index (χ2n) is 4.02. The second kappa shape index (κ2) is 7.07. The van der Waals surface area contributed by atoms with E-state index >= 15 is 0 Å². The third-order valence-electron chi connectivity index (χ3n) is 2.57. The van der Waals surface area contributed by atoms with Crippen molar-refractivity contribution in [1.82, 2.24) is 20.5 Å². The molecule has 1 aromatic carbocycles. The fourth-order valence-corrected chi connectivity index (χ4v) is 1.64. The van der Waals surface area contributed by atoms with Crippen molar-refractivity contribution >= 4 is 5.91 Å². The number of nitrogens with two attached hydrogens (primary N) is 1. The molecule has 1 aromatic heterocycles. The summed E-state index contributed by atoms with van der Waals surface area (Å²) in [6.07, 6.45) is 2.05. The molecule has 0 aliphatic rings. The van der Waals surface area contributed by atoms with Crippen LogP contribution in [0.1, 0.15) is 21.7 Å². The molecule has 0 saturated carbocycles. The number of aromatic amines is 1. The number of aromatic nitrogens is 3. The van der Waals surface area contributed by atoms with Gasteiger partial charge >= 0.3 is 0 Å². The zero-order chi connectivity index (χ0) is 14.2. The molecule has 0 saturated heterocycles. The van der Waals surface area contributed by atoms with Crippen LogP contribution in [0, 0.1) is 11.8 Å². The Kier molecular flexibility index (Phi) is 4.87. The predicted molar refractivity (Wildman–Crippen MR) is 74.8 cm³/mol. The molecule has 0 bridgehead atoms. The average molecular weight is 269 g/mol. The fraction of sp³-hybridized carbons (Fsp3) is 0.214. The van der Waals surface area contributed by atoms with Crippen LogP contribution in [0.3, 0.4) is 0 Å². The van der Waals surface area contributed by atoms with Crippen molar-refractivity contribution in [3.05, 3.63) is 47.5 Å². The minimum absolute atomic E-state index is 0.138. The minimum Gasteiger partial charge on any atom is -0.352 e. The van der Waals surface area contributed by atoms with Gasteiger partial charge in [0, 0.05) is 24.1 Å². The Morgan fingerprint density at radius 2 is 2.35 bits per heavy atom. The fourth-order valence-electron chi connectivity index (χ4n) is 1.64. The van der Waals surface area contributed by atoms with Crippen molar-refractivity contribution < 1.29 is 4.79 Å². The van der Waals surface area contributed by atoms with Crippen molar-refractivity contribution in [3.8, 4) is 11.8 Å². The zero-order valence-corrected chi connectivity index (χ0v) is 10.9. The lowest BCUT2D eigenvalue weighted by atomic mass is 10.1. The van der Waals surface area contributed by atoms with E-state index in [0.29, 0.717) is 25.1 Å². The second-order valence-corrected chi connectivity index (χ2v) is 4.02. The van der Waals surface area contributed by atoms with Gasteiger partial charge in [-0.25, -0.2) is 4.98 Å². The molecule has 0 aliphatic carbocycles. The van der Waals surface area contributed by atoms with Crippen LogP contribution in [-0.2, 0) is 6.42 Å². The largest absolute Gasteiger partial charge is 0.352 e. The maximum Gasteiger partial charge on any atom is 0.251 e. The Hall–Kier alpha value is -2.65. The summed E-state index contributed by atoms with van der Waals surface area (Å²) in [5.41, 5.74) is 6.67. The van der Waals surface area contributed by atoms with Gasteiger partial charge in [-0.3, -0.25) is 9.89 Å². The van der Waals surface area contributed by atoms with Crippen LogP contribution < -0.4 is 11.1 Å². The first-order valence-corrected chi connectivity index (χ1v) is 6.21. The Balaban J connectivity index is 1.91. The Morgan fingerprint density at radius 1 is 1.45 bits per heavy atom. The number of nitrogens with zero attached hydrogens (tertiary/aromatic N) is 2. The van der Waals surface area contributed by atoms with Gasteiger partial charge in [0.2, 0.25) is 0 Å². The highest BCUT2D eigenvalue weighted by atomic mass is 16.1. The maximum absolute atomic E-state index is 12.0. The van der Waals surface area contributed by atoms with Gasteiger partial charge < -0.3 is 11.1 Å². The smallest absolute Gasteiger partial charge is 0.251 e. The van der Waals surface area contributed by atoms with Crippen LogP contribution in [0.15, 0.2) is 30.6 Å². The first-order chi connectivity index (χ1) is 9.79. The Bertz CT molecular complexity index is 625. The number of rotatable bonds is 4.